The minimum Gasteiger partial charge on any atom is -0.454 e. The molecule has 0 saturated carbocycles. The van der Waals surface area contributed by atoms with Gasteiger partial charge in [-0.05, 0) is 49.1 Å². The summed E-state index contributed by atoms with van der Waals surface area (Å²) in [5.74, 6) is 0.371. The average molecular weight is 407 g/mol. The number of carbonyl (C=O) groups excluding carboxylic acids is 3. The molecule has 154 valence electrons. The van der Waals surface area contributed by atoms with E-state index in [1.54, 1.807) is 30.0 Å². The zero-order chi connectivity index (χ0) is 20.9. The van der Waals surface area contributed by atoms with Gasteiger partial charge in [0.15, 0.2) is 11.5 Å². The van der Waals surface area contributed by atoms with Crippen molar-refractivity contribution < 1.29 is 23.9 Å². The Morgan fingerprint density at radius 3 is 2.80 bits per heavy atom. The van der Waals surface area contributed by atoms with E-state index in [4.69, 9.17) is 9.47 Å². The number of aryl methyl sites for hydroxylation is 1. The lowest BCUT2D eigenvalue weighted by Gasteiger charge is -2.30. The molecule has 5 rings (SSSR count). The van der Waals surface area contributed by atoms with Gasteiger partial charge in [0.1, 0.15) is 12.1 Å². The number of fused-ring (bicyclic) bond motifs is 2. The lowest BCUT2D eigenvalue weighted by molar-refractivity contribution is -0.134. The van der Waals surface area contributed by atoms with E-state index >= 15 is 0 Å². The molecule has 1 atom stereocenters. The third-order valence-electron chi connectivity index (χ3n) is 5.93. The van der Waals surface area contributed by atoms with Crippen LogP contribution in [0.5, 0.6) is 11.5 Å². The summed E-state index contributed by atoms with van der Waals surface area (Å²) in [6.07, 6.45) is 1.75. The van der Waals surface area contributed by atoms with Gasteiger partial charge in [-0.2, -0.15) is 0 Å². The van der Waals surface area contributed by atoms with E-state index in [1.165, 1.54) is 0 Å². The summed E-state index contributed by atoms with van der Waals surface area (Å²) in [5.41, 5.74) is 1.24. The number of ether oxygens (including phenoxy) is 2. The molecule has 0 radical (unpaired) electrons. The van der Waals surface area contributed by atoms with Gasteiger partial charge in [0.05, 0.1) is 0 Å². The van der Waals surface area contributed by atoms with Crippen LogP contribution in [0.2, 0.25) is 0 Å². The fourth-order valence-corrected chi connectivity index (χ4v) is 4.26. The van der Waals surface area contributed by atoms with E-state index in [-0.39, 0.29) is 19.2 Å². The summed E-state index contributed by atoms with van der Waals surface area (Å²) in [4.78, 5) is 41.5. The van der Waals surface area contributed by atoms with Crippen LogP contribution in [0.25, 0.3) is 0 Å². The zero-order valence-corrected chi connectivity index (χ0v) is 16.5. The Kier molecular flexibility index (Phi) is 4.16. The minimum atomic E-state index is -1.28. The molecule has 1 saturated heterocycles. The van der Waals surface area contributed by atoms with Crippen LogP contribution < -0.4 is 19.7 Å². The standard InChI is InChI=1S/C22H21N3O5/c1-22(15-8-9-17-18(11-15)30-13-29-17)20(27)25(21(28)23-22)12-19(26)24-10-4-6-14-5-2-3-7-16(14)24/h2-3,5,7-9,11H,4,6,10,12-13H2,1H3,(H,23,28)/t22-/m1/s1. The monoisotopic (exact) mass is 407 g/mol. The number of amides is 4. The molecule has 1 N–H and O–H groups in total. The highest BCUT2D eigenvalue weighted by Crippen LogP contribution is 2.38. The summed E-state index contributed by atoms with van der Waals surface area (Å²) >= 11 is 0. The number of urea groups is 1. The van der Waals surface area contributed by atoms with Crippen molar-refractivity contribution in [2.24, 2.45) is 0 Å². The average Bonchev–Trinajstić information content (AvgIpc) is 3.31. The van der Waals surface area contributed by atoms with Crippen LogP contribution in [0, 0.1) is 0 Å². The van der Waals surface area contributed by atoms with Crippen LogP contribution in [0.3, 0.4) is 0 Å². The highest BCUT2D eigenvalue weighted by molar-refractivity contribution is 6.10. The van der Waals surface area contributed by atoms with Crippen LogP contribution >= 0.6 is 0 Å². The Morgan fingerprint density at radius 1 is 1.13 bits per heavy atom. The molecule has 0 aromatic heterocycles. The number of carbonyl (C=O) groups is 3. The molecular formula is C22H21N3O5. The van der Waals surface area contributed by atoms with Crippen LogP contribution in [0.4, 0.5) is 10.5 Å². The molecule has 3 heterocycles. The molecule has 8 nitrogen and oxygen atoms in total. The lowest BCUT2D eigenvalue weighted by atomic mass is 9.91. The number of para-hydroxylation sites is 1. The van der Waals surface area contributed by atoms with Crippen LogP contribution in [0.15, 0.2) is 42.5 Å². The third-order valence-corrected chi connectivity index (χ3v) is 5.93. The molecular weight excluding hydrogens is 386 g/mol. The van der Waals surface area contributed by atoms with E-state index < -0.39 is 17.5 Å². The maximum atomic E-state index is 13.2. The van der Waals surface area contributed by atoms with Crippen molar-refractivity contribution in [1.82, 2.24) is 10.2 Å². The van der Waals surface area contributed by atoms with E-state index in [2.05, 4.69) is 5.32 Å². The van der Waals surface area contributed by atoms with Crippen molar-refractivity contribution in [2.75, 3.05) is 24.8 Å². The Labute approximate surface area is 173 Å². The van der Waals surface area contributed by atoms with E-state index in [1.807, 2.05) is 24.3 Å². The molecule has 0 unspecified atom stereocenters. The van der Waals surface area contributed by atoms with Gasteiger partial charge in [-0.1, -0.05) is 24.3 Å². The minimum absolute atomic E-state index is 0.119. The second-order valence-electron chi connectivity index (χ2n) is 7.79. The van der Waals surface area contributed by atoms with E-state index in [0.717, 1.165) is 29.0 Å². The number of nitrogens with one attached hydrogen (secondary N) is 1. The fraction of sp³-hybridized carbons (Fsp3) is 0.318. The van der Waals surface area contributed by atoms with Crippen molar-refractivity contribution in [3.63, 3.8) is 0 Å². The van der Waals surface area contributed by atoms with E-state index in [9.17, 15) is 14.4 Å². The van der Waals surface area contributed by atoms with Crippen LogP contribution in [-0.4, -0.2) is 42.6 Å². The van der Waals surface area contributed by atoms with Gasteiger partial charge in [0.25, 0.3) is 5.91 Å². The Hall–Kier alpha value is -3.55. The number of hydrogen-bond donors (Lipinski definition) is 1. The molecule has 1 fully saturated rings. The highest BCUT2D eigenvalue weighted by Gasteiger charge is 2.50. The quantitative estimate of drug-likeness (QED) is 0.788. The number of anilines is 1. The fourth-order valence-electron chi connectivity index (χ4n) is 4.26. The van der Waals surface area contributed by atoms with Gasteiger partial charge in [0.2, 0.25) is 12.7 Å². The van der Waals surface area contributed by atoms with Gasteiger partial charge in [-0.15, -0.1) is 0 Å². The molecule has 3 aliphatic rings. The summed E-state index contributed by atoms with van der Waals surface area (Å²) < 4.78 is 10.7. The molecule has 3 aliphatic heterocycles. The summed E-state index contributed by atoms with van der Waals surface area (Å²) in [7, 11) is 0. The lowest BCUT2D eigenvalue weighted by Crippen LogP contribution is -2.46. The third kappa shape index (κ3) is 2.79. The first-order valence-electron chi connectivity index (χ1n) is 9.90. The first-order chi connectivity index (χ1) is 14.5. The summed E-state index contributed by atoms with van der Waals surface area (Å²) in [5, 5.41) is 2.74. The van der Waals surface area contributed by atoms with Crippen molar-refractivity contribution in [3.05, 3.63) is 53.6 Å². The molecule has 30 heavy (non-hydrogen) atoms. The van der Waals surface area contributed by atoms with Crippen molar-refractivity contribution in [3.8, 4) is 11.5 Å². The number of rotatable bonds is 3. The molecule has 2 aromatic carbocycles. The van der Waals surface area contributed by atoms with Gasteiger partial charge >= 0.3 is 6.03 Å². The summed E-state index contributed by atoms with van der Waals surface area (Å²) in [6, 6.07) is 12.3. The van der Waals surface area contributed by atoms with Crippen molar-refractivity contribution in [1.29, 1.82) is 0 Å². The Bertz CT molecular complexity index is 1070. The summed E-state index contributed by atoms with van der Waals surface area (Å²) in [6.45, 7) is 2.01. The predicted octanol–water partition coefficient (Wildman–Crippen LogP) is 2.16. The van der Waals surface area contributed by atoms with Crippen molar-refractivity contribution in [2.45, 2.75) is 25.3 Å². The maximum Gasteiger partial charge on any atom is 0.325 e. The number of imide groups is 1. The van der Waals surface area contributed by atoms with Gasteiger partial charge in [-0.3, -0.25) is 14.5 Å². The first kappa shape index (κ1) is 18.5. The Balaban J connectivity index is 1.38. The number of benzene rings is 2. The smallest absolute Gasteiger partial charge is 0.325 e. The van der Waals surface area contributed by atoms with Crippen molar-refractivity contribution >= 4 is 23.5 Å². The SMILES string of the molecule is C[C@]1(c2ccc3c(c2)OCO3)NC(=O)N(CC(=O)N2CCCc3ccccc32)C1=O. The van der Waals surface area contributed by atoms with Gasteiger partial charge < -0.3 is 19.7 Å². The van der Waals surface area contributed by atoms with Gasteiger partial charge in [0, 0.05) is 12.2 Å². The predicted molar refractivity (Wildman–Crippen MR) is 107 cm³/mol. The van der Waals surface area contributed by atoms with E-state index in [0.29, 0.717) is 23.6 Å². The largest absolute Gasteiger partial charge is 0.454 e. The number of hydrogen-bond acceptors (Lipinski definition) is 5. The molecule has 2 aromatic rings. The molecule has 0 aliphatic carbocycles. The molecule has 4 amide bonds. The molecule has 0 spiro atoms. The first-order valence-corrected chi connectivity index (χ1v) is 9.90. The number of nitrogens with zero attached hydrogens (tertiary/aromatic N) is 2. The highest BCUT2D eigenvalue weighted by atomic mass is 16.7. The van der Waals surface area contributed by atoms with Crippen LogP contribution in [-0.2, 0) is 21.5 Å². The second-order valence-corrected chi connectivity index (χ2v) is 7.79. The Morgan fingerprint density at radius 2 is 1.93 bits per heavy atom. The van der Waals surface area contributed by atoms with Gasteiger partial charge in [-0.25, -0.2) is 4.79 Å². The maximum absolute atomic E-state index is 13.2. The second kappa shape index (κ2) is 6.76. The normalized spacial score (nSPS) is 22.2. The van der Waals surface area contributed by atoms with Crippen LogP contribution in [0.1, 0.15) is 24.5 Å². The topological polar surface area (TPSA) is 88.2 Å². The molecule has 0 bridgehead atoms. The molecule has 8 heteroatoms. The zero-order valence-electron chi connectivity index (χ0n) is 16.5.